The second-order valence-corrected chi connectivity index (χ2v) is 4.75. The van der Waals surface area contributed by atoms with Crippen molar-refractivity contribution in [1.82, 2.24) is 10.6 Å². The van der Waals surface area contributed by atoms with E-state index in [1.54, 1.807) is 0 Å². The van der Waals surface area contributed by atoms with Crippen LogP contribution in [0.25, 0.3) is 0 Å². The van der Waals surface area contributed by atoms with E-state index in [0.29, 0.717) is 12.5 Å². The number of nitrogens with one attached hydrogen (secondary N) is 2. The highest BCUT2D eigenvalue weighted by molar-refractivity contribution is 5.76. The molecule has 1 aliphatic rings. The molecule has 1 heterocycles. The molecule has 0 aliphatic carbocycles. The highest BCUT2D eigenvalue weighted by Gasteiger charge is 2.16. The lowest BCUT2D eigenvalue weighted by Crippen LogP contribution is -2.36. The number of aryl methyl sites for hydroxylation is 2. The number of carbonyl (C=O) groups is 1. The Hall–Kier alpha value is -1.35. The lowest BCUT2D eigenvalue weighted by molar-refractivity contribution is -0.121. The Morgan fingerprint density at radius 2 is 2.41 bits per heavy atom. The topological polar surface area (TPSA) is 41.1 Å². The largest absolute Gasteiger partial charge is 0.352 e. The summed E-state index contributed by atoms with van der Waals surface area (Å²) in [5, 5.41) is 6.31. The highest BCUT2D eigenvalue weighted by Crippen LogP contribution is 2.07. The van der Waals surface area contributed by atoms with Crippen molar-refractivity contribution in [2.24, 2.45) is 0 Å². The molecule has 0 saturated carbocycles. The summed E-state index contributed by atoms with van der Waals surface area (Å²) >= 11 is 0. The zero-order valence-electron chi connectivity index (χ0n) is 10.3. The van der Waals surface area contributed by atoms with Crippen LogP contribution in [0.15, 0.2) is 24.3 Å². The van der Waals surface area contributed by atoms with Gasteiger partial charge < -0.3 is 10.6 Å². The van der Waals surface area contributed by atoms with E-state index in [-0.39, 0.29) is 5.91 Å². The minimum atomic E-state index is 0.167. The van der Waals surface area contributed by atoms with Gasteiger partial charge in [0.25, 0.3) is 0 Å². The van der Waals surface area contributed by atoms with E-state index in [4.69, 9.17) is 0 Å². The van der Waals surface area contributed by atoms with Crippen LogP contribution in [0.2, 0.25) is 0 Å². The molecule has 0 bridgehead atoms. The fourth-order valence-corrected chi connectivity index (χ4v) is 2.20. The Morgan fingerprint density at radius 1 is 1.53 bits per heavy atom. The third-order valence-electron chi connectivity index (χ3n) is 3.15. The van der Waals surface area contributed by atoms with E-state index >= 15 is 0 Å². The zero-order chi connectivity index (χ0) is 12.1. The summed E-state index contributed by atoms with van der Waals surface area (Å²) < 4.78 is 0. The summed E-state index contributed by atoms with van der Waals surface area (Å²) in [5.41, 5.74) is 2.49. The van der Waals surface area contributed by atoms with Gasteiger partial charge in [-0.15, -0.1) is 0 Å². The second-order valence-electron chi connectivity index (χ2n) is 4.75. The molecule has 3 nitrogen and oxygen atoms in total. The van der Waals surface area contributed by atoms with Crippen LogP contribution in [0.1, 0.15) is 24.0 Å². The Kier molecular flexibility index (Phi) is 4.15. The molecule has 1 aromatic rings. The molecule has 3 heteroatoms. The minimum Gasteiger partial charge on any atom is -0.352 e. The van der Waals surface area contributed by atoms with Crippen molar-refractivity contribution in [1.29, 1.82) is 0 Å². The van der Waals surface area contributed by atoms with Gasteiger partial charge in [-0.05, 0) is 31.9 Å². The molecule has 1 aromatic carbocycles. The molecule has 0 aromatic heterocycles. The molecule has 2 N–H and O–H groups in total. The van der Waals surface area contributed by atoms with Crippen molar-refractivity contribution in [3.05, 3.63) is 35.4 Å². The summed E-state index contributed by atoms with van der Waals surface area (Å²) in [6.45, 7) is 4.01. The average Bonchev–Trinajstić information content (AvgIpc) is 2.79. The first-order chi connectivity index (χ1) is 8.24. The molecule has 1 saturated heterocycles. The maximum absolute atomic E-state index is 11.7. The smallest absolute Gasteiger partial charge is 0.220 e. The van der Waals surface area contributed by atoms with Crippen molar-refractivity contribution < 1.29 is 4.79 Å². The van der Waals surface area contributed by atoms with Gasteiger partial charge in [-0.1, -0.05) is 29.8 Å². The third-order valence-corrected chi connectivity index (χ3v) is 3.15. The molecule has 92 valence electrons. The third kappa shape index (κ3) is 3.86. The summed E-state index contributed by atoms with van der Waals surface area (Å²) in [6.07, 6.45) is 2.46. The number of rotatable bonds is 4. The fraction of sp³-hybridized carbons (Fsp3) is 0.500. The second kappa shape index (κ2) is 5.82. The summed E-state index contributed by atoms with van der Waals surface area (Å²) in [6, 6.07) is 8.68. The molecule has 0 spiro atoms. The van der Waals surface area contributed by atoms with Crippen LogP contribution in [0.3, 0.4) is 0 Å². The molecule has 1 fully saturated rings. The van der Waals surface area contributed by atoms with Gasteiger partial charge in [0, 0.05) is 19.0 Å². The molecule has 1 unspecified atom stereocenters. The van der Waals surface area contributed by atoms with Gasteiger partial charge in [0.05, 0.1) is 0 Å². The molecular weight excluding hydrogens is 212 g/mol. The first-order valence-corrected chi connectivity index (χ1v) is 6.29. The lowest BCUT2D eigenvalue weighted by atomic mass is 10.1. The Morgan fingerprint density at radius 3 is 3.12 bits per heavy atom. The molecule has 1 aliphatic heterocycles. The standard InChI is InChI=1S/C14H20N2O/c1-11-3-2-4-12(9-11)5-6-14(17)16-13-7-8-15-10-13/h2-4,9,13,15H,5-8,10H2,1H3,(H,16,17). The minimum absolute atomic E-state index is 0.167. The first-order valence-electron chi connectivity index (χ1n) is 6.29. The van der Waals surface area contributed by atoms with Crippen LogP contribution in [0, 0.1) is 6.92 Å². The molecule has 1 atom stereocenters. The van der Waals surface area contributed by atoms with Gasteiger partial charge in [0.2, 0.25) is 5.91 Å². The van der Waals surface area contributed by atoms with E-state index in [9.17, 15) is 4.79 Å². The number of hydrogen-bond donors (Lipinski definition) is 2. The summed E-state index contributed by atoms with van der Waals surface area (Å²) in [7, 11) is 0. The fourth-order valence-electron chi connectivity index (χ4n) is 2.20. The van der Waals surface area contributed by atoms with Gasteiger partial charge in [-0.2, -0.15) is 0 Å². The summed E-state index contributed by atoms with van der Waals surface area (Å²) in [4.78, 5) is 11.7. The van der Waals surface area contributed by atoms with Gasteiger partial charge in [-0.25, -0.2) is 0 Å². The van der Waals surface area contributed by atoms with Crippen LogP contribution in [-0.2, 0) is 11.2 Å². The quantitative estimate of drug-likeness (QED) is 0.824. The van der Waals surface area contributed by atoms with Gasteiger partial charge in [-0.3, -0.25) is 4.79 Å². The van der Waals surface area contributed by atoms with Crippen molar-refractivity contribution in [3.63, 3.8) is 0 Å². The van der Waals surface area contributed by atoms with Gasteiger partial charge in [0.15, 0.2) is 0 Å². The number of benzene rings is 1. The molecule has 2 rings (SSSR count). The molecule has 1 amide bonds. The predicted molar refractivity (Wildman–Crippen MR) is 68.9 cm³/mol. The van der Waals surface area contributed by atoms with Crippen molar-refractivity contribution in [3.8, 4) is 0 Å². The molecular formula is C14H20N2O. The van der Waals surface area contributed by atoms with Gasteiger partial charge in [0.1, 0.15) is 0 Å². The zero-order valence-corrected chi connectivity index (χ0v) is 10.3. The monoisotopic (exact) mass is 232 g/mol. The maximum atomic E-state index is 11.7. The number of hydrogen-bond acceptors (Lipinski definition) is 2. The predicted octanol–water partition coefficient (Wildman–Crippen LogP) is 1.41. The molecule has 17 heavy (non-hydrogen) atoms. The Bertz CT molecular complexity index is 384. The maximum Gasteiger partial charge on any atom is 0.220 e. The van der Waals surface area contributed by atoms with Crippen molar-refractivity contribution >= 4 is 5.91 Å². The Balaban J connectivity index is 1.75. The van der Waals surface area contributed by atoms with Crippen LogP contribution >= 0.6 is 0 Å². The van der Waals surface area contributed by atoms with E-state index in [1.165, 1.54) is 11.1 Å². The Labute approximate surface area is 103 Å². The summed E-state index contributed by atoms with van der Waals surface area (Å²) in [5.74, 6) is 0.167. The van der Waals surface area contributed by atoms with Crippen LogP contribution in [0.4, 0.5) is 0 Å². The molecule has 0 radical (unpaired) electrons. The normalized spacial score (nSPS) is 19.2. The number of carbonyl (C=O) groups excluding carboxylic acids is 1. The van der Waals surface area contributed by atoms with Gasteiger partial charge >= 0.3 is 0 Å². The van der Waals surface area contributed by atoms with E-state index in [1.807, 2.05) is 6.07 Å². The van der Waals surface area contributed by atoms with Crippen molar-refractivity contribution in [2.45, 2.75) is 32.2 Å². The van der Waals surface area contributed by atoms with E-state index in [2.05, 4.69) is 35.8 Å². The van der Waals surface area contributed by atoms with Crippen LogP contribution in [-0.4, -0.2) is 25.0 Å². The van der Waals surface area contributed by atoms with Crippen molar-refractivity contribution in [2.75, 3.05) is 13.1 Å². The highest BCUT2D eigenvalue weighted by atomic mass is 16.1. The van der Waals surface area contributed by atoms with E-state index < -0.39 is 0 Å². The SMILES string of the molecule is Cc1cccc(CCC(=O)NC2CCNC2)c1. The van der Waals surface area contributed by atoms with Crippen LogP contribution < -0.4 is 10.6 Å². The van der Waals surface area contributed by atoms with E-state index in [0.717, 1.165) is 25.9 Å². The first kappa shape index (κ1) is 12.1. The average molecular weight is 232 g/mol. The number of amides is 1. The van der Waals surface area contributed by atoms with Crippen LogP contribution in [0.5, 0.6) is 0 Å². The lowest BCUT2D eigenvalue weighted by Gasteiger charge is -2.11.